The van der Waals surface area contributed by atoms with E-state index in [-0.39, 0.29) is 17.0 Å². The van der Waals surface area contributed by atoms with Crippen molar-refractivity contribution in [2.75, 3.05) is 12.4 Å². The average molecular weight is 416 g/mol. The van der Waals surface area contributed by atoms with Crippen LogP contribution in [0.3, 0.4) is 0 Å². The second kappa shape index (κ2) is 7.45. The summed E-state index contributed by atoms with van der Waals surface area (Å²) < 4.78 is 11.7. The molecule has 2 aromatic carbocycles. The molecule has 0 saturated heterocycles. The Morgan fingerprint density at radius 1 is 1.08 bits per heavy atom. The van der Waals surface area contributed by atoms with Crippen LogP contribution in [0.1, 0.15) is 20.9 Å². The van der Waals surface area contributed by atoms with Crippen molar-refractivity contribution in [2.45, 2.75) is 0 Å². The minimum atomic E-state index is -1.10. The Morgan fingerprint density at radius 3 is 2.46 bits per heavy atom. The van der Waals surface area contributed by atoms with Gasteiger partial charge in [0.05, 0.1) is 18.4 Å². The topological polar surface area (TPSA) is 88.8 Å². The Hall–Kier alpha value is -3.06. The number of hydrogen-bond donors (Lipinski definition) is 2. The van der Waals surface area contributed by atoms with Gasteiger partial charge in [0.2, 0.25) is 0 Å². The Kier molecular flexibility index (Phi) is 5.09. The largest absolute Gasteiger partial charge is 0.495 e. The average Bonchev–Trinajstić information content (AvgIpc) is 3.12. The third-order valence-corrected chi connectivity index (χ3v) is 4.18. The molecule has 0 aliphatic carbocycles. The van der Waals surface area contributed by atoms with Crippen LogP contribution in [0.15, 0.2) is 63.5 Å². The Balaban J connectivity index is 1.84. The molecule has 7 heteroatoms. The van der Waals surface area contributed by atoms with Crippen molar-refractivity contribution >= 4 is 33.5 Å². The van der Waals surface area contributed by atoms with Crippen LogP contribution in [0, 0.1) is 0 Å². The van der Waals surface area contributed by atoms with Gasteiger partial charge in [-0.2, -0.15) is 0 Å². The maximum absolute atomic E-state index is 12.4. The third-order valence-electron chi connectivity index (χ3n) is 3.65. The summed E-state index contributed by atoms with van der Waals surface area (Å²) in [4.78, 5) is 23.6. The van der Waals surface area contributed by atoms with Crippen molar-refractivity contribution in [3.63, 3.8) is 0 Å². The number of halogens is 1. The van der Waals surface area contributed by atoms with E-state index >= 15 is 0 Å². The van der Waals surface area contributed by atoms with E-state index in [1.807, 2.05) is 24.3 Å². The van der Waals surface area contributed by atoms with Gasteiger partial charge in [0.15, 0.2) is 5.76 Å². The van der Waals surface area contributed by atoms with Crippen molar-refractivity contribution in [1.82, 2.24) is 0 Å². The maximum atomic E-state index is 12.4. The molecule has 1 aromatic heterocycles. The minimum Gasteiger partial charge on any atom is -0.495 e. The summed E-state index contributed by atoms with van der Waals surface area (Å²) in [6, 6.07) is 14.9. The quantitative estimate of drug-likeness (QED) is 0.631. The highest BCUT2D eigenvalue weighted by Crippen LogP contribution is 2.28. The number of nitrogens with one attached hydrogen (secondary N) is 1. The zero-order chi connectivity index (χ0) is 18.7. The first-order valence-electron chi connectivity index (χ1n) is 7.56. The molecule has 1 heterocycles. The van der Waals surface area contributed by atoms with Crippen LogP contribution in [-0.4, -0.2) is 24.1 Å². The number of carbonyl (C=O) groups is 2. The van der Waals surface area contributed by atoms with E-state index in [0.29, 0.717) is 11.5 Å². The van der Waals surface area contributed by atoms with Gasteiger partial charge in [-0.05, 0) is 42.5 Å². The van der Waals surface area contributed by atoms with E-state index in [2.05, 4.69) is 21.2 Å². The number of amides is 1. The van der Waals surface area contributed by atoms with E-state index in [9.17, 15) is 9.59 Å². The molecule has 132 valence electrons. The molecule has 0 atom stereocenters. The summed E-state index contributed by atoms with van der Waals surface area (Å²) >= 11 is 3.36. The highest BCUT2D eigenvalue weighted by molar-refractivity contribution is 9.10. The summed E-state index contributed by atoms with van der Waals surface area (Å²) in [5.74, 6) is -0.601. The van der Waals surface area contributed by atoms with E-state index in [4.69, 9.17) is 14.3 Å². The molecule has 0 aliphatic heterocycles. The first-order valence-corrected chi connectivity index (χ1v) is 8.35. The fourth-order valence-corrected chi connectivity index (χ4v) is 2.62. The lowest BCUT2D eigenvalue weighted by Gasteiger charge is -2.10. The van der Waals surface area contributed by atoms with Gasteiger partial charge < -0.3 is 19.6 Å². The Morgan fingerprint density at radius 2 is 1.81 bits per heavy atom. The van der Waals surface area contributed by atoms with Gasteiger partial charge in [-0.25, -0.2) is 4.79 Å². The standard InChI is InChI=1S/C19H14BrNO5/c1-25-16-7-4-12(19(23)24)10-14(16)21-18(22)17-9-8-15(26-17)11-2-5-13(20)6-3-11/h2-10H,1H3,(H,21,22)(H,23,24). The SMILES string of the molecule is COc1ccc(C(=O)O)cc1NC(=O)c1ccc(-c2ccc(Br)cc2)o1. The zero-order valence-electron chi connectivity index (χ0n) is 13.7. The second-order valence-electron chi connectivity index (χ2n) is 5.35. The number of rotatable bonds is 5. The van der Waals surface area contributed by atoms with Crippen LogP contribution < -0.4 is 10.1 Å². The smallest absolute Gasteiger partial charge is 0.335 e. The summed E-state index contributed by atoms with van der Waals surface area (Å²) in [6.45, 7) is 0. The van der Waals surface area contributed by atoms with Crippen LogP contribution >= 0.6 is 15.9 Å². The van der Waals surface area contributed by atoms with E-state index in [0.717, 1.165) is 10.0 Å². The van der Waals surface area contributed by atoms with Gasteiger partial charge in [-0.1, -0.05) is 28.1 Å². The lowest BCUT2D eigenvalue weighted by molar-refractivity contribution is 0.0696. The number of anilines is 1. The molecule has 0 fully saturated rings. The summed E-state index contributed by atoms with van der Waals surface area (Å²) in [5.41, 5.74) is 1.12. The Labute approximate surface area is 157 Å². The third kappa shape index (κ3) is 3.78. The highest BCUT2D eigenvalue weighted by atomic mass is 79.9. The number of hydrogen-bond acceptors (Lipinski definition) is 4. The highest BCUT2D eigenvalue weighted by Gasteiger charge is 2.16. The summed E-state index contributed by atoms with van der Waals surface area (Å²) in [7, 11) is 1.43. The van der Waals surface area contributed by atoms with E-state index in [1.165, 1.54) is 25.3 Å². The fraction of sp³-hybridized carbons (Fsp3) is 0.0526. The number of furan rings is 1. The monoisotopic (exact) mass is 415 g/mol. The molecule has 3 aromatic rings. The number of benzene rings is 2. The van der Waals surface area contributed by atoms with Crippen LogP contribution in [0.5, 0.6) is 5.75 Å². The number of carboxylic acid groups (broad SMARTS) is 1. The lowest BCUT2D eigenvalue weighted by atomic mass is 10.2. The molecule has 2 N–H and O–H groups in total. The normalized spacial score (nSPS) is 10.4. The van der Waals surface area contributed by atoms with E-state index in [1.54, 1.807) is 12.1 Å². The molecule has 0 aliphatic rings. The molecule has 1 amide bonds. The van der Waals surface area contributed by atoms with Gasteiger partial charge in [0.1, 0.15) is 11.5 Å². The van der Waals surface area contributed by atoms with Crippen molar-refractivity contribution in [3.05, 3.63) is 70.4 Å². The first-order chi connectivity index (χ1) is 12.5. The molecule has 0 radical (unpaired) electrons. The fourth-order valence-electron chi connectivity index (χ4n) is 2.35. The zero-order valence-corrected chi connectivity index (χ0v) is 15.2. The first kappa shape index (κ1) is 17.8. The van der Waals surface area contributed by atoms with Crippen molar-refractivity contribution in [3.8, 4) is 17.1 Å². The number of carboxylic acids is 1. The number of methoxy groups -OCH3 is 1. The van der Waals surface area contributed by atoms with Crippen molar-refractivity contribution in [2.24, 2.45) is 0 Å². The molecule has 0 unspecified atom stereocenters. The molecule has 0 bridgehead atoms. The molecule has 3 rings (SSSR count). The maximum Gasteiger partial charge on any atom is 0.335 e. The van der Waals surface area contributed by atoms with Crippen LogP contribution in [0.25, 0.3) is 11.3 Å². The molecular formula is C19H14BrNO5. The van der Waals surface area contributed by atoms with Gasteiger partial charge in [0.25, 0.3) is 5.91 Å². The summed E-state index contributed by atoms with van der Waals surface area (Å²) in [6.07, 6.45) is 0. The molecule has 0 spiro atoms. The predicted molar refractivity (Wildman–Crippen MR) is 99.8 cm³/mol. The Bertz CT molecular complexity index is 962. The predicted octanol–water partition coefficient (Wildman–Crippen LogP) is 4.67. The number of carbonyl (C=O) groups excluding carboxylic acids is 1. The van der Waals surface area contributed by atoms with Gasteiger partial charge in [-0.15, -0.1) is 0 Å². The molecule has 6 nitrogen and oxygen atoms in total. The van der Waals surface area contributed by atoms with Gasteiger partial charge in [-0.3, -0.25) is 4.79 Å². The molecule has 26 heavy (non-hydrogen) atoms. The second-order valence-corrected chi connectivity index (χ2v) is 6.26. The number of ether oxygens (including phenoxy) is 1. The van der Waals surface area contributed by atoms with Crippen LogP contribution in [0.4, 0.5) is 5.69 Å². The van der Waals surface area contributed by atoms with Crippen LogP contribution in [-0.2, 0) is 0 Å². The van der Waals surface area contributed by atoms with E-state index < -0.39 is 11.9 Å². The van der Waals surface area contributed by atoms with Gasteiger partial charge in [0, 0.05) is 10.0 Å². The van der Waals surface area contributed by atoms with Crippen molar-refractivity contribution in [1.29, 1.82) is 0 Å². The van der Waals surface area contributed by atoms with Gasteiger partial charge >= 0.3 is 5.97 Å². The number of aromatic carboxylic acids is 1. The minimum absolute atomic E-state index is 0.0381. The van der Waals surface area contributed by atoms with Crippen LogP contribution in [0.2, 0.25) is 0 Å². The molecular weight excluding hydrogens is 402 g/mol. The summed E-state index contributed by atoms with van der Waals surface area (Å²) in [5, 5.41) is 11.7. The molecule has 0 saturated carbocycles. The van der Waals surface area contributed by atoms with Crippen molar-refractivity contribution < 1.29 is 23.8 Å². The lowest BCUT2D eigenvalue weighted by Crippen LogP contribution is -2.12.